The molecular formula is C16H12ClF2NS. The van der Waals surface area contributed by atoms with Crippen LogP contribution in [-0.4, -0.2) is 0 Å². The van der Waals surface area contributed by atoms with Crippen LogP contribution in [0.2, 0.25) is 5.02 Å². The van der Waals surface area contributed by atoms with E-state index in [9.17, 15) is 8.78 Å². The van der Waals surface area contributed by atoms with Gasteiger partial charge >= 0.3 is 0 Å². The molecule has 0 aliphatic carbocycles. The first-order valence-electron chi connectivity index (χ1n) is 6.41. The average Bonchev–Trinajstić information content (AvgIpc) is 2.86. The average molecular weight is 324 g/mol. The van der Waals surface area contributed by atoms with E-state index >= 15 is 0 Å². The summed E-state index contributed by atoms with van der Waals surface area (Å²) in [5.41, 5.74) is 7.07. The van der Waals surface area contributed by atoms with Crippen LogP contribution < -0.4 is 5.73 Å². The third-order valence-corrected chi connectivity index (χ3v) is 4.84. The van der Waals surface area contributed by atoms with E-state index in [0.29, 0.717) is 6.42 Å². The van der Waals surface area contributed by atoms with E-state index in [4.69, 9.17) is 17.3 Å². The molecular weight excluding hydrogens is 312 g/mol. The van der Waals surface area contributed by atoms with Gasteiger partial charge in [-0.1, -0.05) is 17.7 Å². The van der Waals surface area contributed by atoms with E-state index < -0.39 is 5.82 Å². The number of fused-ring (bicyclic) bond motifs is 1. The molecule has 1 aromatic heterocycles. The molecule has 0 amide bonds. The zero-order chi connectivity index (χ0) is 15.0. The predicted molar refractivity (Wildman–Crippen MR) is 83.8 cm³/mol. The molecule has 0 spiro atoms. The summed E-state index contributed by atoms with van der Waals surface area (Å²) in [6.45, 7) is 0. The van der Waals surface area contributed by atoms with Crippen LogP contribution in [0.25, 0.3) is 10.1 Å². The molecule has 3 rings (SSSR count). The lowest BCUT2D eigenvalue weighted by atomic mass is 10.0. The summed E-state index contributed by atoms with van der Waals surface area (Å²) in [5, 5.41) is 0.945. The smallest absolute Gasteiger partial charge is 0.141 e. The van der Waals surface area contributed by atoms with Gasteiger partial charge in [-0.3, -0.25) is 0 Å². The fourth-order valence-electron chi connectivity index (χ4n) is 2.24. The SMILES string of the molecule is NC(Cc1ccc(F)c(Cl)c1)c1cc2cc(F)ccc2s1. The number of rotatable bonds is 3. The number of hydrogen-bond donors (Lipinski definition) is 1. The van der Waals surface area contributed by atoms with Crippen molar-refractivity contribution in [3.05, 3.63) is 69.6 Å². The minimum atomic E-state index is -0.439. The van der Waals surface area contributed by atoms with Crippen LogP contribution in [0.5, 0.6) is 0 Å². The Morgan fingerprint density at radius 3 is 2.67 bits per heavy atom. The summed E-state index contributed by atoms with van der Waals surface area (Å²) >= 11 is 7.31. The predicted octanol–water partition coefficient (Wildman–Crippen LogP) is 5.08. The summed E-state index contributed by atoms with van der Waals surface area (Å²) in [7, 11) is 0. The third-order valence-electron chi connectivity index (χ3n) is 3.30. The van der Waals surface area contributed by atoms with Gasteiger partial charge < -0.3 is 5.73 Å². The molecule has 3 aromatic rings. The molecule has 1 nitrogen and oxygen atoms in total. The highest BCUT2D eigenvalue weighted by molar-refractivity contribution is 7.19. The molecule has 2 aromatic carbocycles. The fourth-order valence-corrected chi connectivity index (χ4v) is 3.49. The first kappa shape index (κ1) is 14.4. The van der Waals surface area contributed by atoms with E-state index in [-0.39, 0.29) is 16.9 Å². The number of benzene rings is 2. The van der Waals surface area contributed by atoms with Crippen molar-refractivity contribution in [1.29, 1.82) is 0 Å². The maximum atomic E-state index is 13.2. The van der Waals surface area contributed by atoms with Crippen LogP contribution in [0.3, 0.4) is 0 Å². The van der Waals surface area contributed by atoms with Crippen molar-refractivity contribution in [1.82, 2.24) is 0 Å². The number of nitrogens with two attached hydrogens (primary N) is 1. The molecule has 5 heteroatoms. The van der Waals surface area contributed by atoms with Crippen LogP contribution in [0.15, 0.2) is 42.5 Å². The van der Waals surface area contributed by atoms with E-state index in [1.54, 1.807) is 29.5 Å². The second kappa shape index (κ2) is 5.72. The molecule has 0 saturated heterocycles. The van der Waals surface area contributed by atoms with Gasteiger partial charge in [-0.15, -0.1) is 11.3 Å². The van der Waals surface area contributed by atoms with Crippen molar-refractivity contribution >= 4 is 33.0 Å². The highest BCUT2D eigenvalue weighted by Gasteiger charge is 2.12. The van der Waals surface area contributed by atoms with Gasteiger partial charge in [-0.05, 0) is 53.8 Å². The van der Waals surface area contributed by atoms with E-state index in [2.05, 4.69) is 0 Å². The van der Waals surface area contributed by atoms with Gasteiger partial charge in [0.25, 0.3) is 0 Å². The Balaban J connectivity index is 1.85. The zero-order valence-electron chi connectivity index (χ0n) is 10.9. The van der Waals surface area contributed by atoms with Crippen LogP contribution in [0, 0.1) is 11.6 Å². The van der Waals surface area contributed by atoms with Gasteiger partial charge in [0.1, 0.15) is 11.6 Å². The largest absolute Gasteiger partial charge is 0.323 e. The minimum absolute atomic E-state index is 0.0955. The maximum absolute atomic E-state index is 13.2. The molecule has 0 bridgehead atoms. The zero-order valence-corrected chi connectivity index (χ0v) is 12.5. The van der Waals surface area contributed by atoms with Crippen molar-refractivity contribution in [3.63, 3.8) is 0 Å². The standard InChI is InChI=1S/C16H12ClF2NS/c17-12-5-9(1-3-13(12)19)6-14(20)16-8-10-7-11(18)2-4-15(10)21-16/h1-5,7-8,14H,6,20H2. The summed E-state index contributed by atoms with van der Waals surface area (Å²) in [6.07, 6.45) is 0.551. The van der Waals surface area contributed by atoms with Gasteiger partial charge in [0.2, 0.25) is 0 Å². The van der Waals surface area contributed by atoms with Crippen molar-refractivity contribution in [3.8, 4) is 0 Å². The summed E-state index contributed by atoms with van der Waals surface area (Å²) in [6, 6.07) is 11.0. The van der Waals surface area contributed by atoms with Gasteiger partial charge in [0.05, 0.1) is 5.02 Å². The normalized spacial score (nSPS) is 12.8. The summed E-state index contributed by atoms with van der Waals surface area (Å²) < 4.78 is 27.3. The lowest BCUT2D eigenvalue weighted by Gasteiger charge is -2.10. The van der Waals surface area contributed by atoms with E-state index in [0.717, 1.165) is 20.5 Å². The minimum Gasteiger partial charge on any atom is -0.323 e. The molecule has 1 atom stereocenters. The Bertz CT molecular complexity index is 800. The summed E-state index contributed by atoms with van der Waals surface area (Å²) in [5.74, 6) is -0.697. The van der Waals surface area contributed by atoms with Crippen LogP contribution >= 0.6 is 22.9 Å². The Kier molecular flexibility index (Phi) is 3.93. The molecule has 0 aliphatic rings. The first-order chi connectivity index (χ1) is 10.0. The second-order valence-corrected chi connectivity index (χ2v) is 6.41. The molecule has 0 saturated carbocycles. The van der Waals surface area contributed by atoms with Gasteiger partial charge in [-0.25, -0.2) is 8.78 Å². The van der Waals surface area contributed by atoms with E-state index in [1.165, 1.54) is 18.2 Å². The van der Waals surface area contributed by atoms with Gasteiger partial charge in [-0.2, -0.15) is 0 Å². The Labute approximate surface area is 130 Å². The molecule has 21 heavy (non-hydrogen) atoms. The van der Waals surface area contributed by atoms with Gasteiger partial charge in [0, 0.05) is 15.6 Å². The molecule has 108 valence electrons. The fraction of sp³-hybridized carbons (Fsp3) is 0.125. The highest BCUT2D eigenvalue weighted by atomic mass is 35.5. The molecule has 0 radical (unpaired) electrons. The second-order valence-electron chi connectivity index (χ2n) is 4.89. The van der Waals surface area contributed by atoms with Crippen molar-refractivity contribution in [2.24, 2.45) is 5.73 Å². The number of halogens is 3. The maximum Gasteiger partial charge on any atom is 0.141 e. The topological polar surface area (TPSA) is 26.0 Å². The highest BCUT2D eigenvalue weighted by Crippen LogP contribution is 2.31. The van der Waals surface area contributed by atoms with E-state index in [1.807, 2.05) is 6.07 Å². The van der Waals surface area contributed by atoms with Crippen LogP contribution in [0.1, 0.15) is 16.5 Å². The van der Waals surface area contributed by atoms with Crippen molar-refractivity contribution in [2.75, 3.05) is 0 Å². The third kappa shape index (κ3) is 3.07. The summed E-state index contributed by atoms with van der Waals surface area (Å²) in [4.78, 5) is 0.969. The Hall–Kier alpha value is -1.49. The lowest BCUT2D eigenvalue weighted by Crippen LogP contribution is -2.11. The lowest BCUT2D eigenvalue weighted by molar-refractivity contribution is 0.626. The molecule has 1 unspecified atom stereocenters. The first-order valence-corrected chi connectivity index (χ1v) is 7.61. The van der Waals surface area contributed by atoms with Crippen LogP contribution in [-0.2, 0) is 6.42 Å². The molecule has 0 aliphatic heterocycles. The quantitative estimate of drug-likeness (QED) is 0.715. The number of thiophene rings is 1. The number of hydrogen-bond acceptors (Lipinski definition) is 2. The van der Waals surface area contributed by atoms with Gasteiger partial charge in [0.15, 0.2) is 0 Å². The van der Waals surface area contributed by atoms with Crippen molar-refractivity contribution in [2.45, 2.75) is 12.5 Å². The Morgan fingerprint density at radius 1 is 1.10 bits per heavy atom. The molecule has 0 fully saturated rings. The monoisotopic (exact) mass is 323 g/mol. The Morgan fingerprint density at radius 2 is 1.90 bits per heavy atom. The molecule has 2 N–H and O–H groups in total. The van der Waals surface area contributed by atoms with Crippen molar-refractivity contribution < 1.29 is 8.78 Å². The molecule has 1 heterocycles. The van der Waals surface area contributed by atoms with Crippen LogP contribution in [0.4, 0.5) is 8.78 Å².